The first kappa shape index (κ1) is 20.8. The van der Waals surface area contributed by atoms with Crippen molar-refractivity contribution >= 4 is 29.2 Å². The minimum Gasteiger partial charge on any atom is -0.436 e. The van der Waals surface area contributed by atoms with Gasteiger partial charge in [-0.25, -0.2) is 15.0 Å². The van der Waals surface area contributed by atoms with Crippen LogP contribution in [0.1, 0.15) is 5.56 Å². The zero-order valence-electron chi connectivity index (χ0n) is 16.5. The van der Waals surface area contributed by atoms with Gasteiger partial charge in [0.2, 0.25) is 11.8 Å². The molecule has 2 N–H and O–H groups in total. The van der Waals surface area contributed by atoms with Gasteiger partial charge in [-0.15, -0.1) is 0 Å². The lowest BCUT2D eigenvalue weighted by Crippen LogP contribution is -2.44. The van der Waals surface area contributed by atoms with E-state index in [0.717, 1.165) is 43.0 Å². The molecule has 7 nitrogen and oxygen atoms in total. The Morgan fingerprint density at radius 1 is 1.03 bits per heavy atom. The topological polar surface area (TPSA) is 75.2 Å². The summed E-state index contributed by atoms with van der Waals surface area (Å²) in [7, 11) is 1.89. The lowest BCUT2D eigenvalue weighted by atomic mass is 10.1. The number of halogens is 2. The molecule has 0 amide bonds. The number of ether oxygens (including phenoxy) is 1. The first-order chi connectivity index (χ1) is 14.6. The van der Waals surface area contributed by atoms with Gasteiger partial charge in [0.25, 0.3) is 0 Å². The summed E-state index contributed by atoms with van der Waals surface area (Å²) in [4.78, 5) is 15.7. The van der Waals surface area contributed by atoms with Gasteiger partial charge in [-0.1, -0.05) is 23.2 Å². The number of hydrogen-bond acceptors (Lipinski definition) is 7. The van der Waals surface area contributed by atoms with Crippen molar-refractivity contribution in [3.8, 4) is 22.9 Å². The number of rotatable bonds is 6. The van der Waals surface area contributed by atoms with Crippen LogP contribution in [0.2, 0.25) is 10.0 Å². The number of hydrogen-bond donors (Lipinski definition) is 2. The highest BCUT2D eigenvalue weighted by Crippen LogP contribution is 2.29. The molecule has 3 aromatic rings. The summed E-state index contributed by atoms with van der Waals surface area (Å²) in [6.45, 7) is 4.30. The van der Waals surface area contributed by atoms with Crippen LogP contribution in [0.5, 0.6) is 11.6 Å². The average Bonchev–Trinajstić information content (AvgIpc) is 2.74. The Bertz CT molecular complexity index is 989. The van der Waals surface area contributed by atoms with Crippen LogP contribution in [-0.4, -0.2) is 48.2 Å². The number of benzene rings is 1. The summed E-state index contributed by atoms with van der Waals surface area (Å²) >= 11 is 12.3. The number of aromatic nitrogens is 3. The molecular weight excluding hydrogens is 423 g/mol. The molecule has 0 bridgehead atoms. The van der Waals surface area contributed by atoms with Gasteiger partial charge in [-0.2, -0.15) is 0 Å². The third kappa shape index (κ3) is 5.17. The van der Waals surface area contributed by atoms with Crippen LogP contribution in [0.15, 0.2) is 42.7 Å². The van der Waals surface area contributed by atoms with Gasteiger partial charge in [0.1, 0.15) is 0 Å². The summed E-state index contributed by atoms with van der Waals surface area (Å²) in [5, 5.41) is 7.57. The Hall–Kier alpha value is -2.45. The van der Waals surface area contributed by atoms with Gasteiger partial charge in [-0.3, -0.25) is 0 Å². The summed E-state index contributed by atoms with van der Waals surface area (Å²) in [6.07, 6.45) is 3.35. The summed E-state index contributed by atoms with van der Waals surface area (Å²) < 4.78 is 5.97. The third-order valence-electron chi connectivity index (χ3n) is 4.64. The van der Waals surface area contributed by atoms with Crippen LogP contribution in [0.4, 0.5) is 5.95 Å². The quantitative estimate of drug-likeness (QED) is 0.599. The molecule has 0 unspecified atom stereocenters. The molecule has 1 fully saturated rings. The highest BCUT2D eigenvalue weighted by atomic mass is 35.5. The molecule has 9 heteroatoms. The molecule has 30 heavy (non-hydrogen) atoms. The summed E-state index contributed by atoms with van der Waals surface area (Å²) in [5.74, 6) is 1.68. The molecule has 4 rings (SSSR count). The zero-order chi connectivity index (χ0) is 20.9. The number of nitrogens with zero attached hydrogens (tertiary/aromatic N) is 4. The van der Waals surface area contributed by atoms with Gasteiger partial charge < -0.3 is 20.3 Å². The molecule has 156 valence electrons. The predicted octanol–water partition coefficient (Wildman–Crippen LogP) is 3.77. The Labute approximate surface area is 185 Å². The number of pyridine rings is 1. The third-order valence-corrected chi connectivity index (χ3v) is 5.07. The van der Waals surface area contributed by atoms with Crippen LogP contribution in [-0.2, 0) is 6.54 Å². The summed E-state index contributed by atoms with van der Waals surface area (Å²) in [6, 6.07) is 9.21. The molecule has 0 saturated carbocycles. The van der Waals surface area contributed by atoms with E-state index >= 15 is 0 Å². The second kappa shape index (κ2) is 9.57. The van der Waals surface area contributed by atoms with Crippen molar-refractivity contribution in [2.45, 2.75) is 6.54 Å². The van der Waals surface area contributed by atoms with Crippen molar-refractivity contribution in [3.63, 3.8) is 0 Å². The molecule has 0 radical (unpaired) electrons. The minimum absolute atomic E-state index is 0.451. The number of piperazine rings is 1. The monoisotopic (exact) mass is 444 g/mol. The molecule has 0 spiro atoms. The van der Waals surface area contributed by atoms with Gasteiger partial charge in [0.15, 0.2) is 5.75 Å². The average molecular weight is 445 g/mol. The van der Waals surface area contributed by atoms with Crippen LogP contribution in [0.25, 0.3) is 11.3 Å². The lowest BCUT2D eigenvalue weighted by molar-refractivity contribution is 0.457. The van der Waals surface area contributed by atoms with Gasteiger partial charge in [0.05, 0.1) is 18.1 Å². The van der Waals surface area contributed by atoms with Gasteiger partial charge in [0, 0.05) is 54.4 Å². The highest BCUT2D eigenvalue weighted by molar-refractivity contribution is 6.35. The van der Waals surface area contributed by atoms with Gasteiger partial charge in [-0.05, 0) is 36.9 Å². The van der Waals surface area contributed by atoms with Crippen LogP contribution in [0, 0.1) is 0 Å². The second-order valence-corrected chi connectivity index (χ2v) is 7.82. The minimum atomic E-state index is 0.451. The Kier molecular flexibility index (Phi) is 6.64. The Morgan fingerprint density at radius 2 is 1.73 bits per heavy atom. The normalized spacial score (nSPS) is 14.0. The zero-order valence-corrected chi connectivity index (χ0v) is 18.0. The van der Waals surface area contributed by atoms with Gasteiger partial charge >= 0.3 is 0 Å². The van der Waals surface area contributed by atoms with E-state index in [1.807, 2.05) is 31.3 Å². The molecule has 1 saturated heterocycles. The van der Waals surface area contributed by atoms with Crippen molar-refractivity contribution < 1.29 is 4.74 Å². The maximum Gasteiger partial charge on any atom is 0.225 e. The first-order valence-electron chi connectivity index (χ1n) is 9.68. The maximum absolute atomic E-state index is 6.17. The Balaban J connectivity index is 1.59. The number of anilines is 1. The van der Waals surface area contributed by atoms with Crippen LogP contribution >= 0.6 is 23.2 Å². The van der Waals surface area contributed by atoms with E-state index in [2.05, 4.69) is 30.5 Å². The fourth-order valence-corrected chi connectivity index (χ4v) is 3.80. The fourth-order valence-electron chi connectivity index (χ4n) is 3.28. The molecule has 0 atom stereocenters. The van der Waals surface area contributed by atoms with Crippen molar-refractivity contribution in [3.05, 3.63) is 58.3 Å². The van der Waals surface area contributed by atoms with E-state index in [9.17, 15) is 0 Å². The molecular formula is C21H22Cl2N6O. The van der Waals surface area contributed by atoms with E-state index in [0.29, 0.717) is 34.2 Å². The Morgan fingerprint density at radius 3 is 2.40 bits per heavy atom. The van der Waals surface area contributed by atoms with Crippen molar-refractivity contribution in [1.82, 2.24) is 25.6 Å². The van der Waals surface area contributed by atoms with Crippen LogP contribution < -0.4 is 20.3 Å². The highest BCUT2D eigenvalue weighted by Gasteiger charge is 2.14. The molecule has 0 aliphatic carbocycles. The number of nitrogens with one attached hydrogen (secondary N) is 2. The molecule has 1 aromatic carbocycles. The molecule has 1 aliphatic rings. The molecule has 2 aromatic heterocycles. The van der Waals surface area contributed by atoms with E-state index in [1.165, 1.54) is 0 Å². The molecule has 1 aliphatic heterocycles. The first-order valence-corrected chi connectivity index (χ1v) is 10.4. The van der Waals surface area contributed by atoms with Crippen molar-refractivity contribution in [2.24, 2.45) is 0 Å². The largest absolute Gasteiger partial charge is 0.436 e. The van der Waals surface area contributed by atoms with E-state index in [1.54, 1.807) is 18.5 Å². The lowest BCUT2D eigenvalue weighted by Gasteiger charge is -2.27. The predicted molar refractivity (Wildman–Crippen MR) is 120 cm³/mol. The van der Waals surface area contributed by atoms with E-state index < -0.39 is 0 Å². The van der Waals surface area contributed by atoms with Crippen LogP contribution in [0.3, 0.4) is 0 Å². The maximum atomic E-state index is 6.17. The fraction of sp³-hybridized carbons (Fsp3) is 0.286. The van der Waals surface area contributed by atoms with E-state index in [4.69, 9.17) is 27.9 Å². The molecule has 3 heterocycles. The smallest absolute Gasteiger partial charge is 0.225 e. The van der Waals surface area contributed by atoms with E-state index in [-0.39, 0.29) is 0 Å². The standard InChI is InChI=1S/C21H22Cl2N6O/c1-24-11-14-6-19(15-8-16(22)10-17(23)9-15)28-20(7-14)30-18-12-26-21(27-13-18)29-4-2-25-3-5-29/h6-10,12-13,24-25H,2-5,11H2,1H3. The summed E-state index contributed by atoms with van der Waals surface area (Å²) in [5.41, 5.74) is 2.56. The second-order valence-electron chi connectivity index (χ2n) is 6.95. The van der Waals surface area contributed by atoms with Crippen molar-refractivity contribution in [2.75, 3.05) is 38.1 Å². The SMILES string of the molecule is CNCc1cc(Oc2cnc(N3CCNCC3)nc2)nc(-c2cc(Cl)cc(Cl)c2)c1. The van der Waals surface area contributed by atoms with Crippen molar-refractivity contribution in [1.29, 1.82) is 0 Å².